The second-order valence-corrected chi connectivity index (χ2v) is 14.6. The molecule has 0 bridgehead atoms. The first-order valence-corrected chi connectivity index (χ1v) is 17.3. The number of rotatable bonds is 7. The van der Waals surface area contributed by atoms with Crippen LogP contribution in [0.25, 0.3) is 17.3 Å². The Morgan fingerprint density at radius 2 is 1.53 bits per heavy atom. The number of fused-ring (bicyclic) bond motifs is 1. The van der Waals surface area contributed by atoms with Crippen molar-refractivity contribution in [3.63, 3.8) is 0 Å². The molecule has 4 nitrogen and oxygen atoms in total. The van der Waals surface area contributed by atoms with Crippen LogP contribution in [0.1, 0.15) is 56.2 Å². The molecule has 204 valence electrons. The molecule has 6 heteroatoms. The topological polar surface area (TPSA) is 21.8 Å². The van der Waals surface area contributed by atoms with E-state index in [0.717, 1.165) is 31.2 Å². The Morgan fingerprint density at radius 1 is 0.868 bits per heavy atom. The molecule has 0 radical (unpaired) electrons. The van der Waals surface area contributed by atoms with Crippen molar-refractivity contribution < 1.29 is 20.0 Å². The fourth-order valence-corrected chi connectivity index (χ4v) is 8.30. The summed E-state index contributed by atoms with van der Waals surface area (Å²) in [7, 11) is 7.50. The Labute approximate surface area is 235 Å². The molecular weight excluding hydrogens is 584 g/mol. The van der Waals surface area contributed by atoms with Gasteiger partial charge in [-0.05, 0) is 0 Å². The third-order valence-corrected chi connectivity index (χ3v) is 10.6. The molecule has 0 saturated carbocycles. The van der Waals surface area contributed by atoms with E-state index in [-0.39, 0.29) is 0 Å². The van der Waals surface area contributed by atoms with Gasteiger partial charge in [-0.3, -0.25) is 0 Å². The molecule has 2 aromatic carbocycles. The van der Waals surface area contributed by atoms with E-state index in [9.17, 15) is 0 Å². The molecule has 2 aromatic heterocycles. The number of benzene rings is 2. The minimum atomic E-state index is -1.67. The number of para-hydroxylation sites is 1. The Bertz CT molecular complexity index is 1470. The second kappa shape index (κ2) is 12.2. The molecule has 1 fully saturated rings. The molecular formula is C32H38ClN3OPd. The van der Waals surface area contributed by atoms with Crippen LogP contribution in [0.4, 0.5) is 5.82 Å². The van der Waals surface area contributed by atoms with Crippen LogP contribution in [0, 0.1) is 3.89 Å². The van der Waals surface area contributed by atoms with Gasteiger partial charge in [-0.1, -0.05) is 0 Å². The summed E-state index contributed by atoms with van der Waals surface area (Å²) in [5.74, 6) is 2.00. The molecule has 0 atom stereocenters. The number of imidazole rings is 1. The number of morpholine rings is 1. The van der Waals surface area contributed by atoms with E-state index >= 15 is 0 Å². The van der Waals surface area contributed by atoms with Crippen LogP contribution in [-0.2, 0) is 20.0 Å². The van der Waals surface area contributed by atoms with E-state index in [2.05, 4.69) is 127 Å². The monoisotopic (exact) mass is 621 g/mol. The van der Waals surface area contributed by atoms with Crippen LogP contribution in [0.3, 0.4) is 0 Å². The first-order valence-electron chi connectivity index (χ1n) is 13.4. The second-order valence-electron chi connectivity index (χ2n) is 10.3. The Morgan fingerprint density at radius 3 is 2.18 bits per heavy atom. The van der Waals surface area contributed by atoms with Crippen LogP contribution in [0.5, 0.6) is 0 Å². The van der Waals surface area contributed by atoms with Crippen molar-refractivity contribution in [3.8, 4) is 5.69 Å². The molecule has 1 saturated heterocycles. The van der Waals surface area contributed by atoms with Gasteiger partial charge in [0.2, 0.25) is 0 Å². The van der Waals surface area contributed by atoms with Gasteiger partial charge < -0.3 is 0 Å². The Kier molecular flexibility index (Phi) is 8.71. The van der Waals surface area contributed by atoms with Gasteiger partial charge in [0.25, 0.3) is 0 Å². The molecule has 0 unspecified atom stereocenters. The van der Waals surface area contributed by atoms with Gasteiger partial charge >= 0.3 is 237 Å². The van der Waals surface area contributed by atoms with E-state index in [1.165, 1.54) is 37.6 Å². The quantitative estimate of drug-likeness (QED) is 0.194. The van der Waals surface area contributed by atoms with E-state index in [0.29, 0.717) is 11.8 Å². The number of hydrogen-bond donors (Lipinski definition) is 0. The van der Waals surface area contributed by atoms with E-state index in [4.69, 9.17) is 14.3 Å². The van der Waals surface area contributed by atoms with Crippen LogP contribution in [-0.4, -0.2) is 35.3 Å². The summed E-state index contributed by atoms with van der Waals surface area (Å²) in [6.07, 6.45) is 6.76. The molecule has 5 rings (SSSR count). The maximum absolute atomic E-state index is 7.50. The zero-order chi connectivity index (χ0) is 26.6. The average Bonchev–Trinajstić information content (AvgIpc) is 3.33. The van der Waals surface area contributed by atoms with Crippen LogP contribution < -0.4 is 4.90 Å². The minimum absolute atomic E-state index is 0.400. The molecule has 0 N–H and O–H groups in total. The van der Waals surface area contributed by atoms with Gasteiger partial charge in [-0.15, -0.1) is 0 Å². The maximum atomic E-state index is 7.50. The van der Waals surface area contributed by atoms with Gasteiger partial charge in [0.15, 0.2) is 0 Å². The average molecular weight is 623 g/mol. The molecule has 38 heavy (non-hydrogen) atoms. The summed E-state index contributed by atoms with van der Waals surface area (Å²) in [4.78, 5) is 3.28. The van der Waals surface area contributed by atoms with Gasteiger partial charge in [-0.25, -0.2) is 0 Å². The van der Waals surface area contributed by atoms with Gasteiger partial charge in [0, 0.05) is 0 Å². The molecule has 3 heterocycles. The Hall–Kier alpha value is -2.42. The number of pyridine rings is 1. The summed E-state index contributed by atoms with van der Waals surface area (Å²) in [6, 6.07) is 23.9. The van der Waals surface area contributed by atoms with E-state index in [1.54, 1.807) is 0 Å². The predicted octanol–water partition coefficient (Wildman–Crippen LogP) is 8.25. The number of hydrogen-bond acceptors (Lipinski definition) is 2. The standard InChI is InChI=1S/C23H29N3O.C9H9.ClH.Pd/c1-17(2)20-8-6-9-21(18(3)4)23(20)25-15-19-7-5-10-22(26(19)16-25)24-11-13-27-14-12-24;1-2-6-9-7-4-3-5-8-9;;/h5-10,15,17-18H,11-14H2,1-4H3;2-8H,1H2;1H;/q;;;+1/p-1. The Balaban J connectivity index is 1.78. The third-order valence-electron chi connectivity index (χ3n) is 6.99. The van der Waals surface area contributed by atoms with Crippen molar-refractivity contribution in [3.05, 3.63) is 99.6 Å². The van der Waals surface area contributed by atoms with Crippen molar-refractivity contribution in [1.29, 1.82) is 0 Å². The summed E-state index contributed by atoms with van der Waals surface area (Å²) in [5.41, 5.74) is 6.40. The van der Waals surface area contributed by atoms with E-state index < -0.39 is 15.3 Å². The number of ether oxygens (including phenoxy) is 1. The van der Waals surface area contributed by atoms with Crippen LogP contribution in [0.15, 0.2) is 79.0 Å². The molecule has 0 spiro atoms. The van der Waals surface area contributed by atoms with E-state index in [1.807, 2.05) is 0 Å². The van der Waals surface area contributed by atoms with Crippen molar-refractivity contribution in [2.24, 2.45) is 0 Å². The molecule has 1 aliphatic heterocycles. The molecule has 0 aliphatic carbocycles. The van der Waals surface area contributed by atoms with Gasteiger partial charge in [0.05, 0.1) is 0 Å². The summed E-state index contributed by atoms with van der Waals surface area (Å²) in [5, 5.41) is 0. The molecule has 1 aliphatic rings. The first kappa shape index (κ1) is 27.2. The SMILES string of the molecule is CC(C)c1cccc(C(C)C)c1-n1cc2cccc(N3CCOCC3)n2[c]1=[Pd]([Cl])[CH2]C=Cc1ccccc1. The zero-order valence-corrected chi connectivity index (χ0v) is 25.0. The summed E-state index contributed by atoms with van der Waals surface area (Å²) >= 11 is -1.67. The van der Waals surface area contributed by atoms with Crippen LogP contribution in [0.2, 0.25) is 4.89 Å². The summed E-state index contributed by atoms with van der Waals surface area (Å²) in [6.45, 7) is 12.4. The van der Waals surface area contributed by atoms with Gasteiger partial charge in [0.1, 0.15) is 0 Å². The number of aromatic nitrogens is 2. The van der Waals surface area contributed by atoms with Crippen LogP contribution >= 0.6 is 9.53 Å². The number of allylic oxidation sites excluding steroid dienone is 1. The molecule has 0 amide bonds. The van der Waals surface area contributed by atoms with Crippen molar-refractivity contribution >= 4 is 26.9 Å². The van der Waals surface area contributed by atoms with Gasteiger partial charge in [-0.2, -0.15) is 0 Å². The fourth-order valence-electron chi connectivity index (χ4n) is 5.09. The summed E-state index contributed by atoms with van der Waals surface area (Å²) < 4.78 is 11.8. The predicted molar refractivity (Wildman–Crippen MR) is 157 cm³/mol. The van der Waals surface area contributed by atoms with Crippen molar-refractivity contribution in [2.45, 2.75) is 44.4 Å². The number of halogens is 1. The first-order chi connectivity index (χ1) is 18.5. The number of anilines is 1. The zero-order valence-electron chi connectivity index (χ0n) is 22.7. The fraction of sp³-hybridized carbons (Fsp3) is 0.344. The van der Waals surface area contributed by atoms with Crippen molar-refractivity contribution in [2.75, 3.05) is 31.2 Å². The third kappa shape index (κ3) is 5.63. The normalized spacial score (nSPS) is 16.2. The molecule has 4 aromatic rings. The number of nitrogens with zero attached hydrogens (tertiary/aromatic N) is 3. The van der Waals surface area contributed by atoms with Crippen molar-refractivity contribution in [1.82, 2.24) is 8.97 Å².